The lowest BCUT2D eigenvalue weighted by Gasteiger charge is -2.27. The van der Waals surface area contributed by atoms with E-state index < -0.39 is 0 Å². The fourth-order valence-corrected chi connectivity index (χ4v) is 2.58. The molecule has 6 atom stereocenters. The smallest absolute Gasteiger partial charge is 0.0868 e. The van der Waals surface area contributed by atoms with Crippen molar-refractivity contribution in [2.45, 2.75) is 69.2 Å². The van der Waals surface area contributed by atoms with Crippen LogP contribution in [-0.2, 0) is 14.2 Å². The van der Waals surface area contributed by atoms with E-state index in [4.69, 9.17) is 14.2 Å². The summed E-state index contributed by atoms with van der Waals surface area (Å²) in [4.78, 5) is 0. The van der Waals surface area contributed by atoms with Crippen LogP contribution in [0.3, 0.4) is 0 Å². The van der Waals surface area contributed by atoms with Gasteiger partial charge in [0.15, 0.2) is 0 Å². The minimum atomic E-state index is -0.297. The summed E-state index contributed by atoms with van der Waals surface area (Å²) in [6.07, 6.45) is 4.83. The molecule has 16 heavy (non-hydrogen) atoms. The van der Waals surface area contributed by atoms with Gasteiger partial charge in [-0.1, -0.05) is 0 Å². The molecule has 0 saturated carbocycles. The van der Waals surface area contributed by atoms with Crippen molar-refractivity contribution in [2.75, 3.05) is 6.61 Å². The SMILES string of the molecule is C[C@H]1O[C@@H]1C[C@H]1O[C@@H]1C[C@@H]1OCCC[C@H]1O. The number of ether oxygens (including phenoxy) is 3. The molecule has 0 unspecified atom stereocenters. The zero-order valence-electron chi connectivity index (χ0n) is 9.67. The van der Waals surface area contributed by atoms with E-state index in [1.807, 2.05) is 0 Å². The maximum absolute atomic E-state index is 9.76. The van der Waals surface area contributed by atoms with Gasteiger partial charge in [-0.2, -0.15) is 0 Å². The second kappa shape index (κ2) is 4.26. The van der Waals surface area contributed by atoms with Crippen LogP contribution in [0.4, 0.5) is 0 Å². The first kappa shape index (κ1) is 11.0. The van der Waals surface area contributed by atoms with Gasteiger partial charge in [0.25, 0.3) is 0 Å². The maximum Gasteiger partial charge on any atom is 0.0868 e. The van der Waals surface area contributed by atoms with Gasteiger partial charge in [-0.05, 0) is 19.8 Å². The minimum Gasteiger partial charge on any atom is -0.390 e. The molecule has 0 amide bonds. The van der Waals surface area contributed by atoms with Crippen LogP contribution in [0.15, 0.2) is 0 Å². The fraction of sp³-hybridized carbons (Fsp3) is 1.00. The number of aliphatic hydroxyl groups is 1. The molecule has 92 valence electrons. The van der Waals surface area contributed by atoms with Crippen molar-refractivity contribution in [3.63, 3.8) is 0 Å². The fourth-order valence-electron chi connectivity index (χ4n) is 2.58. The Morgan fingerprint density at radius 1 is 1.06 bits per heavy atom. The predicted molar refractivity (Wildman–Crippen MR) is 57.2 cm³/mol. The van der Waals surface area contributed by atoms with Gasteiger partial charge in [-0.3, -0.25) is 0 Å². The summed E-state index contributed by atoms with van der Waals surface area (Å²) in [6, 6.07) is 0. The Kier molecular flexibility index (Phi) is 2.92. The molecule has 0 spiro atoms. The predicted octanol–water partition coefficient (Wildman–Crippen LogP) is 0.861. The van der Waals surface area contributed by atoms with Crippen LogP contribution in [0.1, 0.15) is 32.6 Å². The second-order valence-electron chi connectivity index (χ2n) is 5.18. The van der Waals surface area contributed by atoms with Gasteiger partial charge in [0.2, 0.25) is 0 Å². The Balaban J connectivity index is 1.39. The first-order chi connectivity index (χ1) is 7.74. The average molecular weight is 228 g/mol. The van der Waals surface area contributed by atoms with Gasteiger partial charge in [-0.15, -0.1) is 0 Å². The van der Waals surface area contributed by atoms with Crippen LogP contribution in [0.25, 0.3) is 0 Å². The molecule has 3 fully saturated rings. The molecule has 3 rings (SSSR count). The highest BCUT2D eigenvalue weighted by atomic mass is 16.6. The molecule has 0 aromatic heterocycles. The van der Waals surface area contributed by atoms with Gasteiger partial charge in [0.05, 0.1) is 36.6 Å². The number of aliphatic hydroxyl groups excluding tert-OH is 1. The normalized spacial score (nSPS) is 51.4. The topological polar surface area (TPSA) is 54.5 Å². The number of rotatable bonds is 4. The summed E-state index contributed by atoms with van der Waals surface area (Å²) in [5, 5.41) is 9.76. The maximum atomic E-state index is 9.76. The van der Waals surface area contributed by atoms with Crippen molar-refractivity contribution >= 4 is 0 Å². The van der Waals surface area contributed by atoms with E-state index in [0.29, 0.717) is 18.3 Å². The molecule has 0 aromatic carbocycles. The van der Waals surface area contributed by atoms with Crippen LogP contribution in [0.5, 0.6) is 0 Å². The Bertz CT molecular complexity index is 257. The van der Waals surface area contributed by atoms with Crippen molar-refractivity contribution in [2.24, 2.45) is 0 Å². The van der Waals surface area contributed by atoms with Crippen LogP contribution in [0, 0.1) is 0 Å². The minimum absolute atomic E-state index is 0.0127. The highest BCUT2D eigenvalue weighted by molar-refractivity contribution is 4.95. The Labute approximate surface area is 95.9 Å². The molecule has 0 bridgehead atoms. The van der Waals surface area contributed by atoms with Gasteiger partial charge in [-0.25, -0.2) is 0 Å². The lowest BCUT2D eigenvalue weighted by Crippen LogP contribution is -2.35. The van der Waals surface area contributed by atoms with E-state index in [0.717, 1.165) is 32.3 Å². The third-order valence-corrected chi connectivity index (χ3v) is 3.86. The molecule has 1 N–H and O–H groups in total. The van der Waals surface area contributed by atoms with E-state index in [2.05, 4.69) is 6.92 Å². The molecule has 0 radical (unpaired) electrons. The number of hydrogen-bond donors (Lipinski definition) is 1. The summed E-state index contributed by atoms with van der Waals surface area (Å²) in [7, 11) is 0. The molecule has 3 saturated heterocycles. The first-order valence-corrected chi connectivity index (χ1v) is 6.34. The third-order valence-electron chi connectivity index (χ3n) is 3.86. The zero-order valence-corrected chi connectivity index (χ0v) is 9.67. The summed E-state index contributed by atoms with van der Waals surface area (Å²) in [5.74, 6) is 0. The second-order valence-corrected chi connectivity index (χ2v) is 5.18. The highest BCUT2D eigenvalue weighted by Gasteiger charge is 2.47. The molecule has 3 aliphatic heterocycles. The molecular formula is C12H20O4. The summed E-state index contributed by atoms with van der Waals surface area (Å²) in [5.41, 5.74) is 0. The Morgan fingerprint density at radius 2 is 1.75 bits per heavy atom. The molecule has 3 heterocycles. The number of epoxide rings is 2. The Hall–Kier alpha value is -0.160. The van der Waals surface area contributed by atoms with E-state index >= 15 is 0 Å². The molecule has 0 aliphatic carbocycles. The van der Waals surface area contributed by atoms with Crippen molar-refractivity contribution in [3.8, 4) is 0 Å². The van der Waals surface area contributed by atoms with Crippen LogP contribution < -0.4 is 0 Å². The summed E-state index contributed by atoms with van der Waals surface area (Å²) >= 11 is 0. The lowest BCUT2D eigenvalue weighted by molar-refractivity contribution is -0.0791. The molecule has 3 aliphatic rings. The molecular weight excluding hydrogens is 208 g/mol. The van der Waals surface area contributed by atoms with E-state index in [9.17, 15) is 5.11 Å². The lowest BCUT2D eigenvalue weighted by atomic mass is 9.99. The van der Waals surface area contributed by atoms with Gasteiger partial charge >= 0.3 is 0 Å². The van der Waals surface area contributed by atoms with Crippen LogP contribution >= 0.6 is 0 Å². The van der Waals surface area contributed by atoms with Crippen molar-refractivity contribution in [1.29, 1.82) is 0 Å². The van der Waals surface area contributed by atoms with E-state index in [-0.39, 0.29) is 18.3 Å². The largest absolute Gasteiger partial charge is 0.390 e. The van der Waals surface area contributed by atoms with Crippen LogP contribution in [0.2, 0.25) is 0 Å². The quantitative estimate of drug-likeness (QED) is 0.725. The average Bonchev–Trinajstić information content (AvgIpc) is 3.14. The molecule has 4 nitrogen and oxygen atoms in total. The van der Waals surface area contributed by atoms with Crippen molar-refractivity contribution in [1.82, 2.24) is 0 Å². The van der Waals surface area contributed by atoms with Gasteiger partial charge in [0, 0.05) is 19.4 Å². The van der Waals surface area contributed by atoms with Crippen molar-refractivity contribution in [3.05, 3.63) is 0 Å². The highest BCUT2D eigenvalue weighted by Crippen LogP contribution is 2.38. The summed E-state index contributed by atoms with van der Waals surface area (Å²) in [6.45, 7) is 2.87. The standard InChI is InChI=1S/C12H20O4/c1-7-9(15-7)5-11-12(16-11)6-10-8(13)3-2-4-14-10/h7-13H,2-6H2,1H3/t7-,8-,9-,10+,11-,12-/m1/s1. The number of hydrogen-bond acceptors (Lipinski definition) is 4. The summed E-state index contributed by atoms with van der Waals surface area (Å²) < 4.78 is 16.5. The monoisotopic (exact) mass is 228 g/mol. The van der Waals surface area contributed by atoms with Gasteiger partial charge in [0.1, 0.15) is 0 Å². The van der Waals surface area contributed by atoms with E-state index in [1.165, 1.54) is 0 Å². The van der Waals surface area contributed by atoms with Gasteiger partial charge < -0.3 is 19.3 Å². The first-order valence-electron chi connectivity index (χ1n) is 6.34. The molecule has 4 heteroatoms. The van der Waals surface area contributed by atoms with Crippen molar-refractivity contribution < 1.29 is 19.3 Å². The Morgan fingerprint density at radius 3 is 2.38 bits per heavy atom. The third kappa shape index (κ3) is 2.40. The molecule has 0 aromatic rings. The van der Waals surface area contributed by atoms with Crippen LogP contribution in [-0.4, -0.2) is 48.3 Å². The van der Waals surface area contributed by atoms with E-state index in [1.54, 1.807) is 0 Å². The zero-order chi connectivity index (χ0) is 11.1.